The Morgan fingerprint density at radius 2 is 1.72 bits per heavy atom. The van der Waals surface area contributed by atoms with Gasteiger partial charge in [0.05, 0.1) is 4.88 Å². The Morgan fingerprint density at radius 3 is 2.47 bits per heavy atom. The van der Waals surface area contributed by atoms with Crippen molar-refractivity contribution >= 4 is 40.6 Å². The number of urea groups is 1. The maximum absolute atomic E-state index is 12.4. The van der Waals surface area contributed by atoms with Gasteiger partial charge in [-0.2, -0.15) is 0 Å². The Kier molecular flexibility index (Phi) is 6.81. The number of anilines is 2. The van der Waals surface area contributed by atoms with Crippen molar-refractivity contribution in [3.8, 4) is 0 Å². The monoisotopic (exact) mass is 448 g/mol. The van der Waals surface area contributed by atoms with E-state index in [4.69, 9.17) is 0 Å². The number of benzene rings is 2. The first-order valence-electron chi connectivity index (χ1n) is 10.4. The number of hydrogen-bond donors (Lipinski definition) is 3. The lowest BCUT2D eigenvalue weighted by Crippen LogP contribution is -2.28. The van der Waals surface area contributed by atoms with Gasteiger partial charge in [0.25, 0.3) is 5.91 Å². The van der Waals surface area contributed by atoms with Crippen LogP contribution in [-0.2, 0) is 17.9 Å². The second-order valence-electron chi connectivity index (χ2n) is 7.56. The highest BCUT2D eigenvalue weighted by molar-refractivity contribution is 7.12. The fourth-order valence-corrected chi connectivity index (χ4v) is 4.18. The van der Waals surface area contributed by atoms with E-state index in [-0.39, 0.29) is 17.8 Å². The fraction of sp³-hybridized carbons (Fsp3) is 0.208. The number of amides is 4. The quantitative estimate of drug-likeness (QED) is 0.499. The highest BCUT2D eigenvalue weighted by atomic mass is 32.1. The number of likely N-dealkylation sites (tertiary alicyclic amines) is 1. The highest BCUT2D eigenvalue weighted by Gasteiger charge is 2.20. The number of nitrogens with one attached hydrogen (secondary N) is 3. The van der Waals surface area contributed by atoms with Crippen molar-refractivity contribution < 1.29 is 14.4 Å². The van der Waals surface area contributed by atoms with Crippen molar-refractivity contribution in [1.29, 1.82) is 0 Å². The van der Waals surface area contributed by atoms with Crippen LogP contribution in [0.15, 0.2) is 66.0 Å². The third-order valence-electron chi connectivity index (χ3n) is 5.11. The molecule has 0 saturated carbocycles. The molecule has 0 unspecified atom stereocenters. The topological polar surface area (TPSA) is 90.5 Å². The molecule has 3 N–H and O–H groups in total. The fourth-order valence-electron chi connectivity index (χ4n) is 3.56. The number of hydrogen-bond acceptors (Lipinski definition) is 4. The lowest BCUT2D eigenvalue weighted by molar-refractivity contribution is -0.128. The molecule has 164 valence electrons. The van der Waals surface area contributed by atoms with Crippen LogP contribution in [0, 0.1) is 0 Å². The molecule has 8 heteroatoms. The van der Waals surface area contributed by atoms with Crippen LogP contribution in [0.5, 0.6) is 0 Å². The minimum absolute atomic E-state index is 0.183. The molecule has 4 rings (SSSR count). The first-order valence-corrected chi connectivity index (χ1v) is 11.3. The van der Waals surface area contributed by atoms with Gasteiger partial charge >= 0.3 is 6.03 Å². The Balaban J connectivity index is 1.29. The number of nitrogens with zero attached hydrogens (tertiary/aromatic N) is 1. The van der Waals surface area contributed by atoms with Gasteiger partial charge in [-0.15, -0.1) is 11.3 Å². The summed E-state index contributed by atoms with van der Waals surface area (Å²) in [5, 5.41) is 10.3. The minimum atomic E-state index is -0.341. The summed E-state index contributed by atoms with van der Waals surface area (Å²) in [4.78, 5) is 38.9. The molecule has 3 aromatic rings. The average molecular weight is 449 g/mol. The van der Waals surface area contributed by atoms with E-state index in [0.29, 0.717) is 35.8 Å². The van der Waals surface area contributed by atoms with Gasteiger partial charge in [-0.1, -0.05) is 36.4 Å². The molecule has 1 fully saturated rings. The molecule has 1 aliphatic heterocycles. The van der Waals surface area contributed by atoms with E-state index in [1.165, 1.54) is 11.3 Å². The molecule has 32 heavy (non-hydrogen) atoms. The summed E-state index contributed by atoms with van der Waals surface area (Å²) in [5.41, 5.74) is 3.19. The Morgan fingerprint density at radius 1 is 0.938 bits per heavy atom. The minimum Gasteiger partial charge on any atom is -0.338 e. The van der Waals surface area contributed by atoms with E-state index in [1.807, 2.05) is 40.6 Å². The number of rotatable bonds is 7. The van der Waals surface area contributed by atoms with Gasteiger partial charge in [-0.3, -0.25) is 9.59 Å². The SMILES string of the molecule is O=C(NCc1cccc(CN2CCCC2=O)c1)Nc1cccc(NC(=O)c2cccs2)c1. The first kappa shape index (κ1) is 21.6. The summed E-state index contributed by atoms with van der Waals surface area (Å²) in [6.45, 7) is 1.77. The van der Waals surface area contributed by atoms with Crippen LogP contribution < -0.4 is 16.0 Å². The summed E-state index contributed by atoms with van der Waals surface area (Å²) in [6.07, 6.45) is 1.54. The number of thiophene rings is 1. The molecule has 1 aromatic heterocycles. The Hall–Kier alpha value is -3.65. The zero-order valence-electron chi connectivity index (χ0n) is 17.5. The number of carbonyl (C=O) groups excluding carboxylic acids is 3. The summed E-state index contributed by atoms with van der Waals surface area (Å²) in [7, 11) is 0. The molecule has 4 amide bonds. The van der Waals surface area contributed by atoms with Crippen LogP contribution in [0.25, 0.3) is 0 Å². The molecular weight excluding hydrogens is 424 g/mol. The third-order valence-corrected chi connectivity index (χ3v) is 5.98. The molecule has 0 bridgehead atoms. The van der Waals surface area contributed by atoms with E-state index < -0.39 is 0 Å². The van der Waals surface area contributed by atoms with Crippen LogP contribution >= 0.6 is 11.3 Å². The lowest BCUT2D eigenvalue weighted by Gasteiger charge is -2.16. The predicted octanol–water partition coefficient (Wildman–Crippen LogP) is 4.44. The zero-order valence-corrected chi connectivity index (χ0v) is 18.3. The summed E-state index contributed by atoms with van der Waals surface area (Å²) in [5.74, 6) is 0.0128. The molecule has 1 aliphatic rings. The molecule has 0 aliphatic carbocycles. The second-order valence-corrected chi connectivity index (χ2v) is 8.51. The van der Waals surface area contributed by atoms with E-state index >= 15 is 0 Å². The highest BCUT2D eigenvalue weighted by Crippen LogP contribution is 2.18. The molecule has 2 aromatic carbocycles. The van der Waals surface area contributed by atoms with Gasteiger partial charge in [-0.25, -0.2) is 4.79 Å². The first-order chi connectivity index (χ1) is 15.6. The van der Waals surface area contributed by atoms with Crippen molar-refractivity contribution in [3.05, 3.63) is 82.0 Å². The van der Waals surface area contributed by atoms with E-state index in [1.54, 1.807) is 30.3 Å². The third kappa shape index (κ3) is 5.73. The zero-order chi connectivity index (χ0) is 22.3. The van der Waals surface area contributed by atoms with Crippen molar-refractivity contribution in [3.63, 3.8) is 0 Å². The summed E-state index contributed by atoms with van der Waals surface area (Å²) in [6, 6.07) is 18.1. The van der Waals surface area contributed by atoms with Gasteiger partial charge in [0, 0.05) is 37.4 Å². The lowest BCUT2D eigenvalue weighted by atomic mass is 10.1. The largest absolute Gasteiger partial charge is 0.338 e. The van der Waals surface area contributed by atoms with E-state index in [2.05, 4.69) is 16.0 Å². The van der Waals surface area contributed by atoms with Gasteiger partial charge in [0.2, 0.25) is 5.91 Å². The average Bonchev–Trinajstić information content (AvgIpc) is 3.46. The van der Waals surface area contributed by atoms with E-state index in [0.717, 1.165) is 24.1 Å². The van der Waals surface area contributed by atoms with Crippen molar-refractivity contribution in [2.75, 3.05) is 17.2 Å². The van der Waals surface area contributed by atoms with Crippen molar-refractivity contribution in [1.82, 2.24) is 10.2 Å². The van der Waals surface area contributed by atoms with Gasteiger partial charge < -0.3 is 20.9 Å². The second kappa shape index (κ2) is 10.1. The van der Waals surface area contributed by atoms with Gasteiger partial charge in [0.1, 0.15) is 0 Å². The van der Waals surface area contributed by atoms with E-state index in [9.17, 15) is 14.4 Å². The molecule has 7 nitrogen and oxygen atoms in total. The molecule has 0 atom stereocenters. The molecule has 0 spiro atoms. The Bertz CT molecular complexity index is 1110. The number of carbonyl (C=O) groups is 3. The van der Waals surface area contributed by atoms with Crippen LogP contribution in [0.3, 0.4) is 0 Å². The van der Waals surface area contributed by atoms with Crippen LogP contribution in [0.1, 0.15) is 33.6 Å². The van der Waals surface area contributed by atoms with Crippen molar-refractivity contribution in [2.45, 2.75) is 25.9 Å². The molecular formula is C24H24N4O3S. The van der Waals surface area contributed by atoms with Crippen molar-refractivity contribution in [2.24, 2.45) is 0 Å². The Labute approximate surface area is 190 Å². The predicted molar refractivity (Wildman–Crippen MR) is 126 cm³/mol. The summed E-state index contributed by atoms with van der Waals surface area (Å²) >= 11 is 1.37. The van der Waals surface area contributed by atoms with Crippen LogP contribution in [0.2, 0.25) is 0 Å². The molecule has 0 radical (unpaired) electrons. The van der Waals surface area contributed by atoms with Gasteiger partial charge in [0.15, 0.2) is 0 Å². The summed E-state index contributed by atoms with van der Waals surface area (Å²) < 4.78 is 0. The maximum Gasteiger partial charge on any atom is 0.319 e. The standard InChI is InChI=1S/C24H24N4O3S/c29-22-10-3-11-28(22)16-18-6-1-5-17(13-18)15-25-24(31)27-20-8-2-7-19(14-20)26-23(30)21-9-4-12-32-21/h1-2,4-9,12-14H,3,10-11,15-16H2,(H,26,30)(H2,25,27,31). The molecule has 2 heterocycles. The molecule has 1 saturated heterocycles. The van der Waals surface area contributed by atoms with Gasteiger partial charge in [-0.05, 0) is 47.2 Å². The van der Waals surface area contributed by atoms with Crippen LogP contribution in [-0.4, -0.2) is 29.3 Å². The normalized spacial score (nSPS) is 13.1. The maximum atomic E-state index is 12.4. The van der Waals surface area contributed by atoms with Crippen LogP contribution in [0.4, 0.5) is 16.2 Å². The smallest absolute Gasteiger partial charge is 0.319 e.